The van der Waals surface area contributed by atoms with E-state index in [2.05, 4.69) is 27.4 Å². The lowest BCUT2D eigenvalue weighted by molar-refractivity contribution is -0.136. The Morgan fingerprint density at radius 3 is 2.61 bits per heavy atom. The van der Waals surface area contributed by atoms with Gasteiger partial charge in [0, 0.05) is 16.6 Å². The van der Waals surface area contributed by atoms with Crippen LogP contribution in [0, 0.1) is 0 Å². The number of phenolic OH excluding ortho intramolecular Hbond substituents is 1. The van der Waals surface area contributed by atoms with Crippen molar-refractivity contribution in [3.05, 3.63) is 60.3 Å². The summed E-state index contributed by atoms with van der Waals surface area (Å²) in [6, 6.07) is 5.73. The molecule has 0 saturated carbocycles. The van der Waals surface area contributed by atoms with Crippen LogP contribution in [0.15, 0.2) is 49.2 Å². The van der Waals surface area contributed by atoms with Crippen LogP contribution in [0.1, 0.15) is 15.9 Å². The highest BCUT2D eigenvalue weighted by Gasteiger charge is 2.33. The zero-order valence-corrected chi connectivity index (χ0v) is 14.1. The van der Waals surface area contributed by atoms with E-state index >= 15 is 0 Å². The van der Waals surface area contributed by atoms with E-state index in [9.17, 15) is 27.9 Å². The Labute approximate surface area is 155 Å². The Hall–Kier alpha value is -3.82. The summed E-state index contributed by atoms with van der Waals surface area (Å²) in [6.07, 6.45) is -2.60. The van der Waals surface area contributed by atoms with Crippen molar-refractivity contribution < 1.29 is 27.9 Å². The van der Waals surface area contributed by atoms with Gasteiger partial charge < -0.3 is 15.7 Å². The average molecular weight is 390 g/mol. The normalized spacial score (nSPS) is 11.2. The van der Waals surface area contributed by atoms with Crippen molar-refractivity contribution in [2.75, 3.05) is 10.6 Å². The molecule has 0 saturated heterocycles. The zero-order chi connectivity index (χ0) is 20.5. The van der Waals surface area contributed by atoms with Crippen molar-refractivity contribution in [3.63, 3.8) is 0 Å². The second-order valence-electron chi connectivity index (χ2n) is 5.73. The molecule has 144 valence electrons. The topological polar surface area (TPSA) is 107 Å². The van der Waals surface area contributed by atoms with Crippen molar-refractivity contribution in [3.8, 4) is 5.75 Å². The van der Waals surface area contributed by atoms with Crippen LogP contribution in [0.5, 0.6) is 5.75 Å². The van der Waals surface area contributed by atoms with E-state index in [1.807, 2.05) is 0 Å². The summed E-state index contributed by atoms with van der Waals surface area (Å²) in [4.78, 5) is 23.8. The average Bonchev–Trinajstić information content (AvgIpc) is 3.10. The number of hydrogen-bond acceptors (Lipinski definition) is 4. The maximum atomic E-state index is 13.3. The van der Waals surface area contributed by atoms with Gasteiger partial charge in [0.15, 0.2) is 0 Å². The molecule has 0 fully saturated rings. The van der Waals surface area contributed by atoms with E-state index in [4.69, 9.17) is 0 Å². The van der Waals surface area contributed by atoms with Crippen LogP contribution < -0.4 is 10.6 Å². The van der Waals surface area contributed by atoms with E-state index in [0.717, 1.165) is 18.3 Å². The number of nitrogens with one attached hydrogen (secondary N) is 3. The lowest BCUT2D eigenvalue weighted by Gasteiger charge is -2.12. The molecular formula is C18H13F3N4O3. The van der Waals surface area contributed by atoms with E-state index in [-0.39, 0.29) is 33.6 Å². The molecule has 1 heterocycles. The smallest absolute Gasteiger partial charge is 0.417 e. The third-order valence-corrected chi connectivity index (χ3v) is 3.82. The predicted octanol–water partition coefficient (Wildman–Crippen LogP) is 3.66. The lowest BCUT2D eigenvalue weighted by atomic mass is 10.1. The Morgan fingerprint density at radius 1 is 1.18 bits per heavy atom. The van der Waals surface area contributed by atoms with Gasteiger partial charge in [0.25, 0.3) is 5.91 Å². The monoisotopic (exact) mass is 390 g/mol. The number of halogens is 3. The number of H-pyrrole nitrogens is 1. The molecule has 7 nitrogen and oxygen atoms in total. The fourth-order valence-corrected chi connectivity index (χ4v) is 2.52. The minimum atomic E-state index is -4.64. The molecule has 0 unspecified atom stereocenters. The first-order valence-electron chi connectivity index (χ1n) is 7.81. The van der Waals surface area contributed by atoms with E-state index in [0.29, 0.717) is 0 Å². The van der Waals surface area contributed by atoms with Crippen LogP contribution in [0.3, 0.4) is 0 Å². The number of rotatable bonds is 4. The van der Waals surface area contributed by atoms with E-state index in [1.165, 1.54) is 24.3 Å². The molecule has 0 aliphatic heterocycles. The van der Waals surface area contributed by atoms with Gasteiger partial charge in [0.05, 0.1) is 23.0 Å². The van der Waals surface area contributed by atoms with Crippen LogP contribution >= 0.6 is 0 Å². The van der Waals surface area contributed by atoms with Crippen molar-refractivity contribution in [2.45, 2.75) is 6.18 Å². The van der Waals surface area contributed by atoms with Crippen LogP contribution in [0.25, 0.3) is 10.9 Å². The number of fused-ring (bicyclic) bond motifs is 1. The van der Waals surface area contributed by atoms with Crippen LogP contribution in [0.4, 0.5) is 24.5 Å². The Balaban J connectivity index is 1.92. The van der Waals surface area contributed by atoms with Gasteiger partial charge in [-0.2, -0.15) is 18.3 Å². The summed E-state index contributed by atoms with van der Waals surface area (Å²) in [5.41, 5.74) is -0.972. The second kappa shape index (κ2) is 7.06. The summed E-state index contributed by atoms with van der Waals surface area (Å²) >= 11 is 0. The first-order chi connectivity index (χ1) is 13.2. The van der Waals surface area contributed by atoms with Crippen molar-refractivity contribution in [1.29, 1.82) is 0 Å². The molecule has 10 heteroatoms. The minimum absolute atomic E-state index is 0.00966. The molecule has 1 aromatic heterocycles. The number of nitrogens with zero attached hydrogens (tertiary/aromatic N) is 1. The molecule has 0 radical (unpaired) electrons. The number of anilines is 2. The molecule has 0 aliphatic rings. The summed E-state index contributed by atoms with van der Waals surface area (Å²) < 4.78 is 39.8. The van der Waals surface area contributed by atoms with Gasteiger partial charge in [-0.05, 0) is 36.4 Å². The first kappa shape index (κ1) is 19.0. The van der Waals surface area contributed by atoms with Gasteiger partial charge in [-0.1, -0.05) is 6.58 Å². The van der Waals surface area contributed by atoms with Gasteiger partial charge in [-0.3, -0.25) is 14.7 Å². The minimum Gasteiger partial charge on any atom is -0.506 e. The zero-order valence-electron chi connectivity index (χ0n) is 14.1. The first-order valence-corrected chi connectivity index (χ1v) is 7.81. The van der Waals surface area contributed by atoms with Gasteiger partial charge in [0.1, 0.15) is 5.75 Å². The summed E-state index contributed by atoms with van der Waals surface area (Å²) in [5, 5.41) is 20.4. The fourth-order valence-electron chi connectivity index (χ4n) is 2.52. The third-order valence-electron chi connectivity index (χ3n) is 3.82. The molecule has 28 heavy (non-hydrogen) atoms. The van der Waals surface area contributed by atoms with E-state index < -0.39 is 23.6 Å². The highest BCUT2D eigenvalue weighted by Crippen LogP contribution is 2.36. The number of aromatic hydroxyl groups is 1. The van der Waals surface area contributed by atoms with Crippen LogP contribution in [0.2, 0.25) is 0 Å². The molecule has 3 rings (SSSR count). The van der Waals surface area contributed by atoms with Gasteiger partial charge >= 0.3 is 6.18 Å². The Bertz CT molecular complexity index is 1090. The van der Waals surface area contributed by atoms with Gasteiger partial charge in [0.2, 0.25) is 5.91 Å². The standard InChI is InChI=1S/C18H13F3N4O3/c1-2-16(27)24-14-5-9(3-4-15(14)26)17(28)23-10-6-12(18(19,20)21)11-8-22-25-13(11)7-10/h2-8,26H,1H2,(H,22,25)(H,23,28)(H,24,27). The number of hydrogen-bond donors (Lipinski definition) is 4. The summed E-state index contributed by atoms with van der Waals surface area (Å²) in [5.74, 6) is -1.63. The van der Waals surface area contributed by atoms with Gasteiger partial charge in [-0.25, -0.2) is 0 Å². The lowest BCUT2D eigenvalue weighted by Crippen LogP contribution is -2.14. The fraction of sp³-hybridized carbons (Fsp3) is 0.0556. The second-order valence-corrected chi connectivity index (χ2v) is 5.73. The SMILES string of the molecule is C=CC(=O)Nc1cc(C(=O)Nc2cc(C(F)(F)F)c3cn[nH]c3c2)ccc1O. The molecule has 0 aliphatic carbocycles. The summed E-state index contributed by atoms with van der Waals surface area (Å²) in [7, 11) is 0. The number of amides is 2. The van der Waals surface area contributed by atoms with Crippen molar-refractivity contribution in [2.24, 2.45) is 0 Å². The molecule has 4 N–H and O–H groups in total. The van der Waals surface area contributed by atoms with E-state index in [1.54, 1.807) is 0 Å². The van der Waals surface area contributed by atoms with Crippen LogP contribution in [-0.2, 0) is 11.0 Å². The quantitative estimate of drug-likeness (QED) is 0.403. The largest absolute Gasteiger partial charge is 0.506 e. The Kier molecular flexibility index (Phi) is 4.78. The van der Waals surface area contributed by atoms with Gasteiger partial charge in [-0.15, -0.1) is 0 Å². The number of benzene rings is 2. The Morgan fingerprint density at radius 2 is 1.93 bits per heavy atom. The molecule has 2 aromatic carbocycles. The predicted molar refractivity (Wildman–Crippen MR) is 96.0 cm³/mol. The number of phenols is 1. The maximum absolute atomic E-state index is 13.3. The highest BCUT2D eigenvalue weighted by molar-refractivity contribution is 6.07. The number of alkyl halides is 3. The van der Waals surface area contributed by atoms with Crippen LogP contribution in [-0.4, -0.2) is 27.1 Å². The maximum Gasteiger partial charge on any atom is 0.417 e. The third kappa shape index (κ3) is 3.80. The van der Waals surface area contributed by atoms with Crippen molar-refractivity contribution >= 4 is 34.1 Å². The highest BCUT2D eigenvalue weighted by atomic mass is 19.4. The molecule has 2 amide bonds. The molecule has 0 bridgehead atoms. The number of carbonyl (C=O) groups excluding carboxylic acids is 2. The number of aromatic nitrogens is 2. The molecular weight excluding hydrogens is 377 g/mol. The molecule has 0 spiro atoms. The number of carbonyl (C=O) groups is 2. The molecule has 0 atom stereocenters. The summed E-state index contributed by atoms with van der Waals surface area (Å²) in [6.45, 7) is 3.28. The molecule has 3 aromatic rings. The number of aromatic amines is 1. The van der Waals surface area contributed by atoms with Crippen molar-refractivity contribution in [1.82, 2.24) is 10.2 Å².